The minimum atomic E-state index is -0.0167. The van der Waals surface area contributed by atoms with Crippen LogP contribution in [0.1, 0.15) is 0 Å². The number of benzene rings is 9. The van der Waals surface area contributed by atoms with E-state index in [0.29, 0.717) is 0 Å². The average Bonchev–Trinajstić information content (AvgIpc) is 3.30. The number of hydrogen-bond donors (Lipinski definition) is 0. The summed E-state index contributed by atoms with van der Waals surface area (Å²) in [5.41, 5.74) is 20.6. The Balaban J connectivity index is 1.36. The van der Waals surface area contributed by atoms with Crippen LogP contribution in [0, 0.1) is 0 Å². The number of rotatable bonds is 6. The molecule has 0 bridgehead atoms. The van der Waals surface area contributed by atoms with Crippen LogP contribution in [0.5, 0.6) is 0 Å². The Bertz CT molecular complexity index is 2880. The Kier molecular flexibility index (Phi) is 7.96. The van der Waals surface area contributed by atoms with Gasteiger partial charge in [-0.1, -0.05) is 188 Å². The lowest BCUT2D eigenvalue weighted by Gasteiger charge is -2.47. The Hall–Kier alpha value is -7.36. The molecular formula is C54H37BN2. The lowest BCUT2D eigenvalue weighted by atomic mass is 9.33. The largest absolute Gasteiger partial charge is 0.311 e. The van der Waals surface area contributed by atoms with Gasteiger partial charge in [-0.2, -0.15) is 0 Å². The zero-order valence-electron chi connectivity index (χ0n) is 31.3. The fourth-order valence-corrected chi connectivity index (χ4v) is 9.28. The maximum atomic E-state index is 2.56. The Morgan fingerprint density at radius 1 is 0.263 bits per heavy atom. The normalized spacial score (nSPS) is 12.5. The second-order valence-corrected chi connectivity index (χ2v) is 14.8. The zero-order valence-corrected chi connectivity index (χ0v) is 31.3. The van der Waals surface area contributed by atoms with Gasteiger partial charge in [0.1, 0.15) is 0 Å². The smallest absolute Gasteiger partial charge is 0.252 e. The Morgan fingerprint density at radius 3 is 1.05 bits per heavy atom. The molecular weight excluding hydrogens is 687 g/mol. The first-order chi connectivity index (χ1) is 28.3. The number of hydrogen-bond acceptors (Lipinski definition) is 2. The molecule has 0 saturated carbocycles. The molecule has 0 fully saturated rings. The molecule has 9 aromatic rings. The highest BCUT2D eigenvalue weighted by molar-refractivity contribution is 7.00. The van der Waals surface area contributed by atoms with Crippen LogP contribution < -0.4 is 26.2 Å². The first kappa shape index (κ1) is 33.0. The SMILES string of the molecule is c1ccc(-c2ccc(N3c4ccccc4B4c5ccccc5N(c5ccccc5)c5c4c3c(-c3ccccc3)c(-c3ccccc3)c5-c3ccccc3)cc2)cc1. The van der Waals surface area contributed by atoms with Gasteiger partial charge in [0.15, 0.2) is 0 Å². The molecule has 3 heteroatoms. The third-order valence-corrected chi connectivity index (χ3v) is 11.6. The number of fused-ring (bicyclic) bond motifs is 4. The molecule has 0 saturated heterocycles. The topological polar surface area (TPSA) is 6.48 Å². The van der Waals surface area contributed by atoms with Crippen molar-refractivity contribution >= 4 is 57.2 Å². The van der Waals surface area contributed by atoms with Crippen molar-refractivity contribution in [1.29, 1.82) is 0 Å². The highest BCUT2D eigenvalue weighted by Crippen LogP contribution is 2.56. The monoisotopic (exact) mass is 724 g/mol. The number of nitrogens with zero attached hydrogens (tertiary/aromatic N) is 2. The predicted molar refractivity (Wildman–Crippen MR) is 242 cm³/mol. The fourth-order valence-electron chi connectivity index (χ4n) is 9.28. The lowest BCUT2D eigenvalue weighted by Crippen LogP contribution is -2.61. The van der Waals surface area contributed by atoms with Gasteiger partial charge in [-0.05, 0) is 80.6 Å². The minimum Gasteiger partial charge on any atom is -0.311 e. The summed E-state index contributed by atoms with van der Waals surface area (Å²) in [6.45, 7) is -0.0167. The molecule has 266 valence electrons. The van der Waals surface area contributed by atoms with Crippen molar-refractivity contribution in [3.05, 3.63) is 224 Å². The Labute approximate surface area is 334 Å². The van der Waals surface area contributed by atoms with Gasteiger partial charge < -0.3 is 9.80 Å². The molecule has 2 aliphatic rings. The fraction of sp³-hybridized carbons (Fsp3) is 0. The van der Waals surface area contributed by atoms with Crippen molar-refractivity contribution in [3.63, 3.8) is 0 Å². The van der Waals surface area contributed by atoms with E-state index in [2.05, 4.69) is 234 Å². The first-order valence-electron chi connectivity index (χ1n) is 19.7. The average molecular weight is 725 g/mol. The van der Waals surface area contributed by atoms with Crippen LogP contribution >= 0.6 is 0 Å². The van der Waals surface area contributed by atoms with E-state index < -0.39 is 0 Å². The van der Waals surface area contributed by atoms with Crippen LogP contribution in [-0.2, 0) is 0 Å². The number of anilines is 6. The van der Waals surface area contributed by atoms with E-state index >= 15 is 0 Å². The summed E-state index contributed by atoms with van der Waals surface area (Å²) in [4.78, 5) is 5.10. The van der Waals surface area contributed by atoms with Gasteiger partial charge in [-0.3, -0.25) is 0 Å². The van der Waals surface area contributed by atoms with Crippen LogP contribution in [0.3, 0.4) is 0 Å². The van der Waals surface area contributed by atoms with E-state index in [0.717, 1.165) is 11.4 Å². The number of para-hydroxylation sites is 3. The van der Waals surface area contributed by atoms with Crippen LogP contribution in [0.15, 0.2) is 224 Å². The van der Waals surface area contributed by atoms with E-state index in [-0.39, 0.29) is 6.71 Å². The molecule has 0 aromatic heterocycles. The molecule has 0 atom stereocenters. The standard InChI is InChI=1S/C54H37BN2/c1-6-20-38(21-7-1)39-34-36-44(37-35-39)57-48-33-19-17-31-46(48)55-45-30-16-18-32-47(45)56(43-28-14-5-15-29-43)53-50(41-24-10-3-11-25-41)49(40-22-8-2-9-23-40)51(54(57)52(53)55)42-26-12-4-13-27-42/h1-37H. The van der Waals surface area contributed by atoms with E-state index in [1.54, 1.807) is 0 Å². The highest BCUT2D eigenvalue weighted by atomic mass is 15.2. The van der Waals surface area contributed by atoms with Crippen molar-refractivity contribution in [2.75, 3.05) is 9.80 Å². The van der Waals surface area contributed by atoms with Gasteiger partial charge in [0, 0.05) is 39.4 Å². The van der Waals surface area contributed by atoms with Gasteiger partial charge in [0.05, 0.1) is 11.4 Å². The van der Waals surface area contributed by atoms with Gasteiger partial charge in [0.2, 0.25) is 0 Å². The van der Waals surface area contributed by atoms with E-state index in [1.165, 1.54) is 83.6 Å². The van der Waals surface area contributed by atoms with Gasteiger partial charge >= 0.3 is 0 Å². The summed E-state index contributed by atoms with van der Waals surface area (Å²) in [5, 5.41) is 0. The summed E-state index contributed by atoms with van der Waals surface area (Å²) in [6, 6.07) is 82.0. The summed E-state index contributed by atoms with van der Waals surface area (Å²) in [6.07, 6.45) is 0. The molecule has 0 aliphatic carbocycles. The summed E-state index contributed by atoms with van der Waals surface area (Å²) in [7, 11) is 0. The molecule has 0 N–H and O–H groups in total. The van der Waals surface area contributed by atoms with E-state index in [9.17, 15) is 0 Å². The molecule has 2 nitrogen and oxygen atoms in total. The van der Waals surface area contributed by atoms with Gasteiger partial charge in [-0.25, -0.2) is 0 Å². The zero-order chi connectivity index (χ0) is 37.7. The van der Waals surface area contributed by atoms with E-state index in [1.807, 2.05) is 0 Å². The second kappa shape index (κ2) is 13.7. The molecule has 11 rings (SSSR count). The molecule has 57 heavy (non-hydrogen) atoms. The summed E-state index contributed by atoms with van der Waals surface area (Å²) in [5.74, 6) is 0. The lowest BCUT2D eigenvalue weighted by molar-refractivity contribution is 1.25. The molecule has 2 heterocycles. The molecule has 9 aromatic carbocycles. The second-order valence-electron chi connectivity index (χ2n) is 14.8. The van der Waals surface area contributed by atoms with Crippen molar-refractivity contribution in [2.24, 2.45) is 0 Å². The molecule has 0 amide bonds. The molecule has 0 unspecified atom stereocenters. The van der Waals surface area contributed by atoms with Crippen LogP contribution in [0.4, 0.5) is 34.1 Å². The maximum Gasteiger partial charge on any atom is 0.252 e. The van der Waals surface area contributed by atoms with Crippen molar-refractivity contribution < 1.29 is 0 Å². The highest BCUT2D eigenvalue weighted by Gasteiger charge is 2.46. The molecule has 0 spiro atoms. The predicted octanol–water partition coefficient (Wildman–Crippen LogP) is 12.4. The summed E-state index contributed by atoms with van der Waals surface area (Å²) >= 11 is 0. The van der Waals surface area contributed by atoms with Crippen molar-refractivity contribution in [3.8, 4) is 44.5 Å². The maximum absolute atomic E-state index is 2.56. The van der Waals surface area contributed by atoms with Gasteiger partial charge in [-0.15, -0.1) is 0 Å². The van der Waals surface area contributed by atoms with Crippen LogP contribution in [-0.4, -0.2) is 6.71 Å². The summed E-state index contributed by atoms with van der Waals surface area (Å²) < 4.78 is 0. The Morgan fingerprint density at radius 2 is 0.596 bits per heavy atom. The van der Waals surface area contributed by atoms with Gasteiger partial charge in [0.25, 0.3) is 6.71 Å². The van der Waals surface area contributed by atoms with Crippen molar-refractivity contribution in [2.45, 2.75) is 0 Å². The van der Waals surface area contributed by atoms with E-state index in [4.69, 9.17) is 0 Å². The third kappa shape index (κ3) is 5.35. The van der Waals surface area contributed by atoms with Crippen LogP contribution in [0.2, 0.25) is 0 Å². The quantitative estimate of drug-likeness (QED) is 0.158. The molecule has 0 radical (unpaired) electrons. The molecule has 2 aliphatic heterocycles. The van der Waals surface area contributed by atoms with Crippen LogP contribution in [0.25, 0.3) is 44.5 Å². The first-order valence-corrected chi connectivity index (χ1v) is 19.7. The van der Waals surface area contributed by atoms with Crippen molar-refractivity contribution in [1.82, 2.24) is 0 Å². The third-order valence-electron chi connectivity index (χ3n) is 11.6. The minimum absolute atomic E-state index is 0.0167.